The van der Waals surface area contributed by atoms with Crippen molar-refractivity contribution in [2.45, 2.75) is 57.5 Å². The number of nitrogens with two attached hydrogens (primary N) is 1. The third kappa shape index (κ3) is 3.04. The third-order valence-corrected chi connectivity index (χ3v) is 4.79. The number of carbonyl (C=O) groups is 1. The quantitative estimate of drug-likeness (QED) is 0.797. The van der Waals surface area contributed by atoms with Crippen molar-refractivity contribution in [3.8, 4) is 0 Å². The molecule has 0 radical (unpaired) electrons. The van der Waals surface area contributed by atoms with Crippen molar-refractivity contribution in [3.63, 3.8) is 0 Å². The molecule has 3 N–H and O–H groups in total. The number of hydrogen-bond donors (Lipinski definition) is 2. The Labute approximate surface area is 110 Å². The molecule has 0 aromatic rings. The van der Waals surface area contributed by atoms with Gasteiger partial charge in [-0.15, -0.1) is 0 Å². The zero-order valence-corrected chi connectivity index (χ0v) is 11.5. The van der Waals surface area contributed by atoms with Crippen LogP contribution in [0.2, 0.25) is 0 Å². The minimum absolute atomic E-state index is 0.0892. The first-order valence-corrected chi connectivity index (χ1v) is 7.17. The Morgan fingerprint density at radius 3 is 2.50 bits per heavy atom. The predicted molar refractivity (Wildman–Crippen MR) is 71.0 cm³/mol. The van der Waals surface area contributed by atoms with Crippen molar-refractivity contribution >= 4 is 5.91 Å². The van der Waals surface area contributed by atoms with E-state index in [1.54, 1.807) is 0 Å². The Morgan fingerprint density at radius 2 is 1.94 bits per heavy atom. The lowest BCUT2D eigenvalue weighted by Gasteiger charge is -2.41. The van der Waals surface area contributed by atoms with Gasteiger partial charge in [0.25, 0.3) is 0 Å². The second-order valence-corrected chi connectivity index (χ2v) is 6.47. The number of hydrogen-bond acceptors (Lipinski definition) is 3. The molecule has 18 heavy (non-hydrogen) atoms. The van der Waals surface area contributed by atoms with E-state index in [0.29, 0.717) is 25.9 Å². The van der Waals surface area contributed by atoms with Crippen LogP contribution in [0.5, 0.6) is 0 Å². The van der Waals surface area contributed by atoms with Gasteiger partial charge in [0.2, 0.25) is 5.91 Å². The van der Waals surface area contributed by atoms with Crippen LogP contribution in [0.3, 0.4) is 0 Å². The molecule has 2 fully saturated rings. The van der Waals surface area contributed by atoms with Crippen molar-refractivity contribution in [1.29, 1.82) is 0 Å². The van der Waals surface area contributed by atoms with E-state index in [1.807, 2.05) is 11.8 Å². The predicted octanol–water partition coefficient (Wildman–Crippen LogP) is 1.27. The maximum absolute atomic E-state index is 12.3. The van der Waals surface area contributed by atoms with Crippen LogP contribution in [0.1, 0.15) is 51.9 Å². The largest absolute Gasteiger partial charge is 0.390 e. The molecule has 1 aliphatic carbocycles. The lowest BCUT2D eigenvalue weighted by molar-refractivity contribution is -0.135. The van der Waals surface area contributed by atoms with Crippen LogP contribution in [0.15, 0.2) is 0 Å². The number of likely N-dealkylation sites (tertiary alicyclic amines) is 1. The molecule has 2 rings (SSSR count). The van der Waals surface area contributed by atoms with Gasteiger partial charge in [-0.2, -0.15) is 0 Å². The van der Waals surface area contributed by atoms with Crippen LogP contribution >= 0.6 is 0 Å². The van der Waals surface area contributed by atoms with Gasteiger partial charge in [0.1, 0.15) is 0 Å². The smallest absolute Gasteiger partial charge is 0.223 e. The summed E-state index contributed by atoms with van der Waals surface area (Å²) < 4.78 is 0. The normalized spacial score (nSPS) is 31.6. The molecule has 0 aromatic heterocycles. The SMILES string of the molecule is CC1(O)CCCN(C(=O)CC2(CN)CCC2)CC1. The molecule has 2 aliphatic rings. The molecule has 4 nitrogen and oxygen atoms in total. The summed E-state index contributed by atoms with van der Waals surface area (Å²) in [6.07, 6.45) is 6.38. The molecule has 1 saturated heterocycles. The average molecular weight is 254 g/mol. The molecule has 1 atom stereocenters. The van der Waals surface area contributed by atoms with Crippen LogP contribution in [-0.4, -0.2) is 41.1 Å². The molecular formula is C14H26N2O2. The second-order valence-electron chi connectivity index (χ2n) is 6.47. The van der Waals surface area contributed by atoms with E-state index in [4.69, 9.17) is 5.73 Å². The lowest BCUT2D eigenvalue weighted by atomic mass is 9.66. The highest BCUT2D eigenvalue weighted by Crippen LogP contribution is 2.43. The van der Waals surface area contributed by atoms with Gasteiger partial charge < -0.3 is 15.7 Å². The van der Waals surface area contributed by atoms with Gasteiger partial charge in [-0.1, -0.05) is 6.42 Å². The van der Waals surface area contributed by atoms with E-state index >= 15 is 0 Å². The highest BCUT2D eigenvalue weighted by atomic mass is 16.3. The van der Waals surface area contributed by atoms with Crippen LogP contribution in [0, 0.1) is 5.41 Å². The summed E-state index contributed by atoms with van der Waals surface area (Å²) >= 11 is 0. The number of carbonyl (C=O) groups excluding carboxylic acids is 1. The fourth-order valence-electron chi connectivity index (χ4n) is 3.08. The van der Waals surface area contributed by atoms with Crippen molar-refractivity contribution < 1.29 is 9.90 Å². The van der Waals surface area contributed by atoms with Crippen LogP contribution in [-0.2, 0) is 4.79 Å². The van der Waals surface area contributed by atoms with E-state index in [0.717, 1.165) is 32.2 Å². The van der Waals surface area contributed by atoms with Gasteiger partial charge in [-0.05, 0) is 51.0 Å². The number of amides is 1. The maximum Gasteiger partial charge on any atom is 0.223 e. The minimum atomic E-state index is -0.600. The molecule has 0 spiro atoms. The maximum atomic E-state index is 12.3. The van der Waals surface area contributed by atoms with E-state index in [9.17, 15) is 9.90 Å². The standard InChI is InChI=1S/C14H26N2O2/c1-13(18)4-3-8-16(9-7-13)12(17)10-14(11-15)5-2-6-14/h18H,2-11,15H2,1H3. The van der Waals surface area contributed by atoms with Crippen molar-refractivity contribution in [2.75, 3.05) is 19.6 Å². The Kier molecular flexibility index (Phi) is 3.97. The van der Waals surface area contributed by atoms with Gasteiger partial charge in [-0.3, -0.25) is 4.79 Å². The van der Waals surface area contributed by atoms with Gasteiger partial charge in [-0.25, -0.2) is 0 Å². The Balaban J connectivity index is 1.89. The van der Waals surface area contributed by atoms with Crippen LogP contribution in [0.4, 0.5) is 0 Å². The molecule has 1 aliphatic heterocycles. The van der Waals surface area contributed by atoms with E-state index in [2.05, 4.69) is 0 Å². The molecule has 4 heteroatoms. The van der Waals surface area contributed by atoms with Crippen molar-refractivity contribution in [1.82, 2.24) is 4.90 Å². The summed E-state index contributed by atoms with van der Waals surface area (Å²) in [6, 6.07) is 0. The summed E-state index contributed by atoms with van der Waals surface area (Å²) in [5, 5.41) is 10.0. The number of rotatable bonds is 3. The summed E-state index contributed by atoms with van der Waals surface area (Å²) in [5.74, 6) is 0.234. The van der Waals surface area contributed by atoms with E-state index in [1.165, 1.54) is 6.42 Å². The Morgan fingerprint density at radius 1 is 1.22 bits per heavy atom. The molecule has 104 valence electrons. The molecule has 0 aromatic carbocycles. The Bertz CT molecular complexity index is 305. The molecule has 0 bridgehead atoms. The zero-order valence-electron chi connectivity index (χ0n) is 11.5. The highest BCUT2D eigenvalue weighted by Gasteiger charge is 2.39. The highest BCUT2D eigenvalue weighted by molar-refractivity contribution is 5.77. The molecule has 1 unspecified atom stereocenters. The van der Waals surface area contributed by atoms with Gasteiger partial charge in [0.05, 0.1) is 5.60 Å². The number of nitrogens with zero attached hydrogens (tertiary/aromatic N) is 1. The van der Waals surface area contributed by atoms with Gasteiger partial charge in [0.15, 0.2) is 0 Å². The van der Waals surface area contributed by atoms with E-state index < -0.39 is 5.60 Å². The molecule has 1 amide bonds. The van der Waals surface area contributed by atoms with Crippen LogP contribution in [0.25, 0.3) is 0 Å². The summed E-state index contributed by atoms with van der Waals surface area (Å²) in [7, 11) is 0. The third-order valence-electron chi connectivity index (χ3n) is 4.79. The first-order chi connectivity index (χ1) is 8.46. The van der Waals surface area contributed by atoms with Crippen LogP contribution < -0.4 is 5.73 Å². The first kappa shape index (κ1) is 13.8. The van der Waals surface area contributed by atoms with Crippen molar-refractivity contribution in [3.05, 3.63) is 0 Å². The molecule has 1 heterocycles. The van der Waals surface area contributed by atoms with Gasteiger partial charge in [0, 0.05) is 19.5 Å². The summed E-state index contributed by atoms with van der Waals surface area (Å²) in [4.78, 5) is 14.2. The second kappa shape index (κ2) is 5.17. The van der Waals surface area contributed by atoms with E-state index in [-0.39, 0.29) is 11.3 Å². The van der Waals surface area contributed by atoms with Gasteiger partial charge >= 0.3 is 0 Å². The fourth-order valence-corrected chi connectivity index (χ4v) is 3.08. The number of aliphatic hydroxyl groups is 1. The van der Waals surface area contributed by atoms with Crippen molar-refractivity contribution in [2.24, 2.45) is 11.1 Å². The lowest BCUT2D eigenvalue weighted by Crippen LogP contribution is -2.43. The first-order valence-electron chi connectivity index (χ1n) is 7.17. The topological polar surface area (TPSA) is 66.6 Å². The fraction of sp³-hybridized carbons (Fsp3) is 0.929. The average Bonchev–Trinajstić information content (AvgIpc) is 2.44. The monoisotopic (exact) mass is 254 g/mol. The summed E-state index contributed by atoms with van der Waals surface area (Å²) in [6.45, 7) is 3.97. The summed E-state index contributed by atoms with van der Waals surface area (Å²) in [5.41, 5.74) is 5.30. The zero-order chi connectivity index (χ0) is 13.2. The minimum Gasteiger partial charge on any atom is -0.390 e. The molecular weight excluding hydrogens is 228 g/mol. The molecule has 1 saturated carbocycles. The Hall–Kier alpha value is -0.610.